The second kappa shape index (κ2) is 8.30. The highest BCUT2D eigenvalue weighted by atomic mass is 35.5. The Bertz CT molecular complexity index is 369. The first-order chi connectivity index (χ1) is 8.65. The fraction of sp³-hybridized carbons (Fsp3) is 0.714. The standard InChI is InChI=1S/C14H23ClN2O/c1-4-5-6-7-8-9-10-18-14-11(2)13(15)16-12(3)17-14/h4-10H2,1-3H3. The summed E-state index contributed by atoms with van der Waals surface area (Å²) in [5, 5.41) is 0.487. The first-order valence-electron chi connectivity index (χ1n) is 6.78. The SMILES string of the molecule is CCCCCCCCOc1nc(C)nc(Cl)c1C. The summed E-state index contributed by atoms with van der Waals surface area (Å²) < 4.78 is 5.67. The molecule has 0 N–H and O–H groups in total. The van der Waals surface area contributed by atoms with E-state index in [4.69, 9.17) is 16.3 Å². The first kappa shape index (κ1) is 15.2. The number of ether oxygens (including phenoxy) is 1. The minimum absolute atomic E-state index is 0.487. The molecule has 0 aliphatic rings. The van der Waals surface area contributed by atoms with Gasteiger partial charge in [0.25, 0.3) is 0 Å². The zero-order chi connectivity index (χ0) is 13.4. The molecule has 0 aliphatic heterocycles. The van der Waals surface area contributed by atoms with Gasteiger partial charge in [-0.25, -0.2) is 4.98 Å². The lowest BCUT2D eigenvalue weighted by atomic mass is 10.1. The van der Waals surface area contributed by atoms with Crippen LogP contribution in [-0.4, -0.2) is 16.6 Å². The molecule has 0 spiro atoms. The highest BCUT2D eigenvalue weighted by molar-refractivity contribution is 6.30. The molecule has 0 saturated heterocycles. The summed E-state index contributed by atoms with van der Waals surface area (Å²) >= 11 is 5.99. The molecular weight excluding hydrogens is 248 g/mol. The monoisotopic (exact) mass is 270 g/mol. The van der Waals surface area contributed by atoms with Gasteiger partial charge in [-0.15, -0.1) is 0 Å². The first-order valence-corrected chi connectivity index (χ1v) is 7.16. The lowest BCUT2D eigenvalue weighted by Gasteiger charge is -2.09. The Morgan fingerprint density at radius 3 is 2.39 bits per heavy atom. The third-order valence-corrected chi connectivity index (χ3v) is 3.26. The number of unbranched alkanes of at least 4 members (excludes halogenated alkanes) is 5. The van der Waals surface area contributed by atoms with Crippen molar-refractivity contribution in [1.82, 2.24) is 9.97 Å². The quantitative estimate of drug-likeness (QED) is 0.516. The molecule has 0 unspecified atom stereocenters. The van der Waals surface area contributed by atoms with Crippen molar-refractivity contribution in [2.75, 3.05) is 6.61 Å². The van der Waals surface area contributed by atoms with Gasteiger partial charge in [-0.05, 0) is 20.3 Å². The molecular formula is C14H23ClN2O. The Morgan fingerprint density at radius 1 is 1.00 bits per heavy atom. The van der Waals surface area contributed by atoms with Crippen molar-refractivity contribution in [2.45, 2.75) is 59.3 Å². The highest BCUT2D eigenvalue weighted by Gasteiger charge is 2.08. The third kappa shape index (κ3) is 5.21. The number of hydrogen-bond donors (Lipinski definition) is 0. The van der Waals surface area contributed by atoms with Gasteiger partial charge in [-0.2, -0.15) is 4.98 Å². The number of nitrogens with zero attached hydrogens (tertiary/aromatic N) is 2. The minimum Gasteiger partial charge on any atom is -0.477 e. The van der Waals surface area contributed by atoms with Gasteiger partial charge >= 0.3 is 0 Å². The average molecular weight is 271 g/mol. The van der Waals surface area contributed by atoms with Crippen molar-refractivity contribution in [3.05, 3.63) is 16.5 Å². The highest BCUT2D eigenvalue weighted by Crippen LogP contribution is 2.21. The largest absolute Gasteiger partial charge is 0.477 e. The summed E-state index contributed by atoms with van der Waals surface area (Å²) in [5.41, 5.74) is 0.827. The van der Waals surface area contributed by atoms with Crippen LogP contribution in [0.3, 0.4) is 0 Å². The molecule has 3 nitrogen and oxygen atoms in total. The van der Waals surface area contributed by atoms with Gasteiger partial charge in [0, 0.05) is 5.56 Å². The van der Waals surface area contributed by atoms with Crippen LogP contribution in [0, 0.1) is 13.8 Å². The van der Waals surface area contributed by atoms with E-state index >= 15 is 0 Å². The van der Waals surface area contributed by atoms with Gasteiger partial charge in [0.15, 0.2) is 0 Å². The molecule has 0 amide bonds. The van der Waals surface area contributed by atoms with Crippen LogP contribution in [0.2, 0.25) is 5.15 Å². The second-order valence-corrected chi connectivity index (χ2v) is 4.97. The van der Waals surface area contributed by atoms with E-state index < -0.39 is 0 Å². The fourth-order valence-electron chi connectivity index (χ4n) is 1.76. The molecule has 1 heterocycles. The van der Waals surface area contributed by atoms with Crippen LogP contribution in [0.15, 0.2) is 0 Å². The van der Waals surface area contributed by atoms with Crippen molar-refractivity contribution in [3.8, 4) is 5.88 Å². The predicted octanol–water partition coefficient (Wildman–Crippen LogP) is 4.49. The molecule has 0 radical (unpaired) electrons. The van der Waals surface area contributed by atoms with Crippen LogP contribution in [0.5, 0.6) is 5.88 Å². The van der Waals surface area contributed by atoms with E-state index in [1.54, 1.807) is 0 Å². The Hall–Kier alpha value is -0.830. The maximum absolute atomic E-state index is 5.99. The number of halogens is 1. The van der Waals surface area contributed by atoms with E-state index in [2.05, 4.69) is 16.9 Å². The predicted molar refractivity (Wildman–Crippen MR) is 75.4 cm³/mol. The summed E-state index contributed by atoms with van der Waals surface area (Å²) in [6.45, 7) is 6.65. The molecule has 0 fully saturated rings. The molecule has 18 heavy (non-hydrogen) atoms. The van der Waals surface area contributed by atoms with Gasteiger partial charge in [0.1, 0.15) is 11.0 Å². The molecule has 0 bridgehead atoms. The molecule has 0 atom stereocenters. The normalized spacial score (nSPS) is 10.7. The van der Waals surface area contributed by atoms with E-state index in [1.807, 2.05) is 13.8 Å². The van der Waals surface area contributed by atoms with Crippen LogP contribution in [0.4, 0.5) is 0 Å². The molecule has 102 valence electrons. The van der Waals surface area contributed by atoms with E-state index in [9.17, 15) is 0 Å². The van der Waals surface area contributed by atoms with Gasteiger partial charge in [0.2, 0.25) is 5.88 Å². The Kier molecular flexibility index (Phi) is 7.02. The molecule has 1 aromatic heterocycles. The summed E-state index contributed by atoms with van der Waals surface area (Å²) in [6.07, 6.45) is 7.53. The summed E-state index contributed by atoms with van der Waals surface area (Å²) in [4.78, 5) is 8.35. The molecule has 1 aromatic rings. The van der Waals surface area contributed by atoms with Crippen molar-refractivity contribution in [3.63, 3.8) is 0 Å². The minimum atomic E-state index is 0.487. The van der Waals surface area contributed by atoms with E-state index in [0.29, 0.717) is 23.5 Å². The smallest absolute Gasteiger partial charge is 0.221 e. The zero-order valence-electron chi connectivity index (χ0n) is 11.6. The fourth-order valence-corrected chi connectivity index (χ4v) is 1.96. The van der Waals surface area contributed by atoms with Gasteiger partial charge in [-0.3, -0.25) is 0 Å². The number of aryl methyl sites for hydroxylation is 1. The zero-order valence-corrected chi connectivity index (χ0v) is 12.4. The summed E-state index contributed by atoms with van der Waals surface area (Å²) in [6, 6.07) is 0. The van der Waals surface area contributed by atoms with Gasteiger partial charge in [0.05, 0.1) is 6.61 Å². The molecule has 1 rings (SSSR count). The van der Waals surface area contributed by atoms with Gasteiger partial charge < -0.3 is 4.74 Å². The van der Waals surface area contributed by atoms with Crippen molar-refractivity contribution in [1.29, 1.82) is 0 Å². The molecule has 4 heteroatoms. The van der Waals surface area contributed by atoms with Crippen molar-refractivity contribution < 1.29 is 4.74 Å². The van der Waals surface area contributed by atoms with E-state index in [0.717, 1.165) is 12.0 Å². The summed E-state index contributed by atoms with van der Waals surface area (Å²) in [7, 11) is 0. The summed E-state index contributed by atoms with van der Waals surface area (Å²) in [5.74, 6) is 1.28. The van der Waals surface area contributed by atoms with Gasteiger partial charge in [-0.1, -0.05) is 50.6 Å². The van der Waals surface area contributed by atoms with Crippen LogP contribution < -0.4 is 4.74 Å². The topological polar surface area (TPSA) is 35.0 Å². The second-order valence-electron chi connectivity index (χ2n) is 4.61. The lowest BCUT2D eigenvalue weighted by Crippen LogP contribution is -2.03. The Balaban J connectivity index is 2.27. The number of aromatic nitrogens is 2. The molecule has 0 aliphatic carbocycles. The average Bonchev–Trinajstić information content (AvgIpc) is 2.33. The Labute approximate surface area is 115 Å². The van der Waals surface area contributed by atoms with Crippen LogP contribution >= 0.6 is 11.6 Å². The van der Waals surface area contributed by atoms with Crippen LogP contribution in [0.25, 0.3) is 0 Å². The van der Waals surface area contributed by atoms with E-state index in [-0.39, 0.29) is 0 Å². The lowest BCUT2D eigenvalue weighted by molar-refractivity contribution is 0.290. The molecule has 0 saturated carbocycles. The number of hydrogen-bond acceptors (Lipinski definition) is 3. The van der Waals surface area contributed by atoms with E-state index in [1.165, 1.54) is 32.1 Å². The van der Waals surface area contributed by atoms with Crippen molar-refractivity contribution in [2.24, 2.45) is 0 Å². The Morgan fingerprint density at radius 2 is 1.67 bits per heavy atom. The van der Waals surface area contributed by atoms with Crippen molar-refractivity contribution >= 4 is 11.6 Å². The van der Waals surface area contributed by atoms with Crippen LogP contribution in [-0.2, 0) is 0 Å². The van der Waals surface area contributed by atoms with Crippen LogP contribution in [0.1, 0.15) is 56.8 Å². The maximum atomic E-state index is 5.99. The molecule has 0 aromatic carbocycles. The number of rotatable bonds is 8. The maximum Gasteiger partial charge on any atom is 0.221 e. The third-order valence-electron chi connectivity index (χ3n) is 2.89.